The molecule has 390 valence electrons. The molecule has 0 aliphatic heterocycles. The van der Waals surface area contributed by atoms with Gasteiger partial charge in [0.2, 0.25) is 0 Å². The SMILES string of the molecule is CCCCCCCCCC/C=C\CCCCCCCCCC(=O)OC[C@@H](COC(=O)CCCCCCCCCCCCCCC)OC(=O)CCCCCCCCCCCCCCCCCC. The van der Waals surface area contributed by atoms with Crippen LogP contribution in [0.25, 0.3) is 0 Å². The fourth-order valence-electron chi connectivity index (χ4n) is 9.03. The van der Waals surface area contributed by atoms with E-state index >= 15 is 0 Å². The molecule has 0 amide bonds. The molecule has 0 aromatic heterocycles. The van der Waals surface area contributed by atoms with E-state index in [0.29, 0.717) is 19.3 Å². The number of esters is 3. The van der Waals surface area contributed by atoms with Gasteiger partial charge < -0.3 is 14.2 Å². The average Bonchev–Trinajstić information content (AvgIpc) is 3.31. The van der Waals surface area contributed by atoms with Gasteiger partial charge >= 0.3 is 17.9 Å². The van der Waals surface area contributed by atoms with Crippen LogP contribution >= 0.6 is 0 Å². The lowest BCUT2D eigenvalue weighted by molar-refractivity contribution is -0.167. The third-order valence-electron chi connectivity index (χ3n) is 13.5. The Balaban J connectivity index is 4.29. The van der Waals surface area contributed by atoms with Crippen molar-refractivity contribution in [3.63, 3.8) is 0 Å². The normalized spacial score (nSPS) is 12.0. The minimum Gasteiger partial charge on any atom is -0.462 e. The average molecular weight is 932 g/mol. The van der Waals surface area contributed by atoms with Crippen LogP contribution in [0.15, 0.2) is 12.2 Å². The summed E-state index contributed by atoms with van der Waals surface area (Å²) in [7, 11) is 0. The number of carbonyl (C=O) groups is 3. The van der Waals surface area contributed by atoms with Crippen molar-refractivity contribution in [2.45, 2.75) is 341 Å². The third kappa shape index (κ3) is 53.1. The largest absolute Gasteiger partial charge is 0.462 e. The summed E-state index contributed by atoms with van der Waals surface area (Å²) in [5, 5.41) is 0. The van der Waals surface area contributed by atoms with Gasteiger partial charge in [0.15, 0.2) is 6.10 Å². The lowest BCUT2D eigenvalue weighted by Gasteiger charge is -2.18. The minimum atomic E-state index is -0.766. The number of hydrogen-bond acceptors (Lipinski definition) is 6. The van der Waals surface area contributed by atoms with Gasteiger partial charge in [0.1, 0.15) is 13.2 Å². The van der Waals surface area contributed by atoms with E-state index in [0.717, 1.165) is 57.8 Å². The van der Waals surface area contributed by atoms with Gasteiger partial charge in [-0.1, -0.05) is 283 Å². The molecule has 0 aliphatic carbocycles. The molecule has 0 N–H and O–H groups in total. The van der Waals surface area contributed by atoms with Crippen LogP contribution in [0.3, 0.4) is 0 Å². The van der Waals surface area contributed by atoms with Crippen LogP contribution in [-0.4, -0.2) is 37.2 Å². The first-order valence-electron chi connectivity index (χ1n) is 29.7. The zero-order valence-corrected chi connectivity index (χ0v) is 44.7. The maximum Gasteiger partial charge on any atom is 0.306 e. The zero-order valence-electron chi connectivity index (χ0n) is 44.7. The molecule has 0 spiro atoms. The topological polar surface area (TPSA) is 78.9 Å². The third-order valence-corrected chi connectivity index (χ3v) is 13.5. The van der Waals surface area contributed by atoms with Gasteiger partial charge in [-0.2, -0.15) is 0 Å². The van der Waals surface area contributed by atoms with E-state index in [1.165, 1.54) is 238 Å². The first-order chi connectivity index (χ1) is 32.5. The van der Waals surface area contributed by atoms with Crippen LogP contribution in [0.2, 0.25) is 0 Å². The molecule has 0 aromatic rings. The molecule has 0 saturated heterocycles. The van der Waals surface area contributed by atoms with Crippen LogP contribution in [-0.2, 0) is 28.6 Å². The van der Waals surface area contributed by atoms with E-state index in [4.69, 9.17) is 14.2 Å². The van der Waals surface area contributed by atoms with E-state index in [2.05, 4.69) is 32.9 Å². The fourth-order valence-corrected chi connectivity index (χ4v) is 9.03. The van der Waals surface area contributed by atoms with Crippen molar-refractivity contribution < 1.29 is 28.6 Å². The Labute approximate surface area is 411 Å². The van der Waals surface area contributed by atoms with Crippen molar-refractivity contribution in [1.82, 2.24) is 0 Å². The summed E-state index contributed by atoms with van der Waals surface area (Å²) in [6, 6.07) is 0. The maximum absolute atomic E-state index is 12.9. The van der Waals surface area contributed by atoms with Crippen molar-refractivity contribution in [2.24, 2.45) is 0 Å². The molecule has 6 nitrogen and oxygen atoms in total. The molecule has 0 aromatic carbocycles. The molecule has 0 saturated carbocycles. The molecule has 0 bridgehead atoms. The highest BCUT2D eigenvalue weighted by Crippen LogP contribution is 2.17. The van der Waals surface area contributed by atoms with E-state index in [-0.39, 0.29) is 31.1 Å². The van der Waals surface area contributed by atoms with Crippen LogP contribution in [0.5, 0.6) is 0 Å². The van der Waals surface area contributed by atoms with E-state index in [1.807, 2.05) is 0 Å². The Morgan fingerprint density at radius 1 is 0.288 bits per heavy atom. The summed E-state index contributed by atoms with van der Waals surface area (Å²) in [5.41, 5.74) is 0. The smallest absolute Gasteiger partial charge is 0.306 e. The van der Waals surface area contributed by atoms with Gasteiger partial charge in [-0.15, -0.1) is 0 Å². The van der Waals surface area contributed by atoms with Gasteiger partial charge in [0.05, 0.1) is 0 Å². The second-order valence-corrected chi connectivity index (χ2v) is 20.3. The molecule has 1 atom stereocenters. The van der Waals surface area contributed by atoms with E-state index < -0.39 is 6.10 Å². The quantitative estimate of drug-likeness (QED) is 0.0262. The summed E-state index contributed by atoms with van der Waals surface area (Å²) in [6.07, 6.45) is 63.4. The second-order valence-electron chi connectivity index (χ2n) is 20.3. The molecule has 0 unspecified atom stereocenters. The Morgan fingerprint density at radius 3 is 0.758 bits per heavy atom. The maximum atomic E-state index is 12.9. The molecule has 66 heavy (non-hydrogen) atoms. The molecular weight excluding hydrogens is 817 g/mol. The van der Waals surface area contributed by atoms with Gasteiger partial charge in [-0.3, -0.25) is 14.4 Å². The molecule has 6 heteroatoms. The minimum absolute atomic E-state index is 0.0652. The highest BCUT2D eigenvalue weighted by molar-refractivity contribution is 5.71. The Bertz CT molecular complexity index is 1020. The van der Waals surface area contributed by atoms with Crippen LogP contribution < -0.4 is 0 Å². The van der Waals surface area contributed by atoms with Crippen LogP contribution in [0.4, 0.5) is 0 Å². The van der Waals surface area contributed by atoms with Crippen molar-refractivity contribution >= 4 is 17.9 Å². The van der Waals surface area contributed by atoms with Crippen molar-refractivity contribution in [2.75, 3.05) is 13.2 Å². The number of carbonyl (C=O) groups excluding carboxylic acids is 3. The Kier molecular flexibility index (Phi) is 54.2. The van der Waals surface area contributed by atoms with Crippen molar-refractivity contribution in [3.05, 3.63) is 12.2 Å². The lowest BCUT2D eigenvalue weighted by Crippen LogP contribution is -2.30. The van der Waals surface area contributed by atoms with Crippen LogP contribution in [0, 0.1) is 0 Å². The monoisotopic (exact) mass is 931 g/mol. The summed E-state index contributed by atoms with van der Waals surface area (Å²) in [6.45, 7) is 6.70. The number of unbranched alkanes of at least 4 members (excludes halogenated alkanes) is 42. The van der Waals surface area contributed by atoms with Crippen molar-refractivity contribution in [3.8, 4) is 0 Å². The van der Waals surface area contributed by atoms with Gasteiger partial charge in [0, 0.05) is 19.3 Å². The lowest BCUT2D eigenvalue weighted by atomic mass is 10.0. The van der Waals surface area contributed by atoms with Crippen LogP contribution in [0.1, 0.15) is 335 Å². The molecule has 0 rings (SSSR count). The first-order valence-corrected chi connectivity index (χ1v) is 29.7. The molecular formula is C60H114O6. The summed E-state index contributed by atoms with van der Waals surface area (Å²) in [4.78, 5) is 38.2. The Morgan fingerprint density at radius 2 is 0.500 bits per heavy atom. The molecule has 0 aliphatic rings. The number of rotatable bonds is 55. The number of allylic oxidation sites excluding steroid dienone is 2. The highest BCUT2D eigenvalue weighted by Gasteiger charge is 2.19. The standard InChI is InChI=1S/C60H114O6/c1-4-7-10-13-16-19-22-25-27-29-30-31-33-35-38-41-44-47-50-53-59(62)65-56-57(55-64-58(61)52-49-46-43-40-37-34-24-21-18-15-12-9-6-3)66-60(63)54-51-48-45-42-39-36-32-28-26-23-20-17-14-11-8-5-2/h29-30,57H,4-28,31-56H2,1-3H3/b30-29-/t57-/m1/s1. The zero-order chi connectivity index (χ0) is 47.9. The summed E-state index contributed by atoms with van der Waals surface area (Å²) in [5.74, 6) is -0.844. The predicted octanol–water partition coefficient (Wildman–Crippen LogP) is 19.7. The number of hydrogen-bond donors (Lipinski definition) is 0. The van der Waals surface area contributed by atoms with Gasteiger partial charge in [-0.25, -0.2) is 0 Å². The molecule has 0 heterocycles. The summed E-state index contributed by atoms with van der Waals surface area (Å²) < 4.78 is 16.9. The predicted molar refractivity (Wildman–Crippen MR) is 284 cm³/mol. The fraction of sp³-hybridized carbons (Fsp3) is 0.917. The van der Waals surface area contributed by atoms with Gasteiger partial charge in [0.25, 0.3) is 0 Å². The second kappa shape index (κ2) is 55.7. The number of ether oxygens (including phenoxy) is 3. The van der Waals surface area contributed by atoms with E-state index in [1.54, 1.807) is 0 Å². The highest BCUT2D eigenvalue weighted by atomic mass is 16.6. The first kappa shape index (κ1) is 64.2. The summed E-state index contributed by atoms with van der Waals surface area (Å²) >= 11 is 0. The molecule has 0 radical (unpaired) electrons. The van der Waals surface area contributed by atoms with Gasteiger partial charge in [-0.05, 0) is 44.9 Å². The van der Waals surface area contributed by atoms with E-state index in [9.17, 15) is 14.4 Å². The Hall–Kier alpha value is -1.85. The van der Waals surface area contributed by atoms with Crippen molar-refractivity contribution in [1.29, 1.82) is 0 Å². The molecule has 0 fully saturated rings.